The molecule has 2 aromatic rings. The van der Waals surface area contributed by atoms with Crippen LogP contribution in [0.2, 0.25) is 0 Å². The highest BCUT2D eigenvalue weighted by atomic mass is 19.3. The number of nitrogens with zero attached hydrogens (tertiary/aromatic N) is 5. The molecule has 1 N–H and O–H groups in total. The minimum Gasteiger partial charge on any atom is -0.296 e. The van der Waals surface area contributed by atoms with E-state index in [0.29, 0.717) is 44.3 Å². The first kappa shape index (κ1) is 21.6. The molecule has 2 aromatic heterocycles. The molecule has 2 aliphatic rings. The SMILES string of the molecule is CC(C)CN1CCN(Cc2ccn3ncc(N4CCC(=O)NC4=O)c3c2)CC1C(F)F. The zero-order valence-electron chi connectivity index (χ0n) is 17.8. The standard InChI is InChI=1S/C21H28F2N6O2/c1-14(2)11-27-8-7-26(13-18(27)20(22)23)12-15-3-6-29-16(9-15)17(10-24-29)28-5-4-19(30)25-21(28)31/h3,6,9-10,14,18,20H,4-5,7-8,11-13H2,1-2H3,(H,25,30,31). The van der Waals surface area contributed by atoms with Crippen LogP contribution in [0.5, 0.6) is 0 Å². The van der Waals surface area contributed by atoms with E-state index < -0.39 is 18.5 Å². The Morgan fingerprint density at radius 2 is 2.03 bits per heavy atom. The Hall–Kier alpha value is -2.59. The van der Waals surface area contributed by atoms with Gasteiger partial charge in [0.1, 0.15) is 0 Å². The summed E-state index contributed by atoms with van der Waals surface area (Å²) in [6.07, 6.45) is 1.26. The van der Waals surface area contributed by atoms with Crippen LogP contribution in [0.3, 0.4) is 0 Å². The van der Waals surface area contributed by atoms with Crippen molar-refractivity contribution in [3.8, 4) is 0 Å². The second-order valence-electron chi connectivity index (χ2n) is 8.68. The number of carbonyl (C=O) groups is 2. The number of pyridine rings is 1. The number of imide groups is 1. The molecule has 4 rings (SSSR count). The van der Waals surface area contributed by atoms with Crippen LogP contribution in [0, 0.1) is 5.92 Å². The summed E-state index contributed by atoms with van der Waals surface area (Å²) in [4.78, 5) is 29.1. The summed E-state index contributed by atoms with van der Waals surface area (Å²) in [5.74, 6) is 0.0568. The summed E-state index contributed by atoms with van der Waals surface area (Å²) in [6, 6.07) is 2.63. The van der Waals surface area contributed by atoms with Crippen molar-refractivity contribution in [2.75, 3.05) is 37.6 Å². The van der Waals surface area contributed by atoms with Crippen molar-refractivity contribution in [2.24, 2.45) is 5.92 Å². The molecule has 0 bridgehead atoms. The second-order valence-corrected chi connectivity index (χ2v) is 8.68. The Bertz CT molecular complexity index is 962. The van der Waals surface area contributed by atoms with Crippen LogP contribution in [0.15, 0.2) is 24.5 Å². The fraction of sp³-hybridized carbons (Fsp3) is 0.571. The number of urea groups is 1. The van der Waals surface area contributed by atoms with E-state index in [0.717, 1.165) is 17.6 Å². The van der Waals surface area contributed by atoms with Gasteiger partial charge in [0.25, 0.3) is 6.43 Å². The maximum Gasteiger partial charge on any atom is 0.328 e. The topological polar surface area (TPSA) is 73.2 Å². The van der Waals surface area contributed by atoms with E-state index in [1.807, 2.05) is 30.9 Å². The molecule has 10 heteroatoms. The first-order valence-electron chi connectivity index (χ1n) is 10.6. The number of rotatable bonds is 6. The monoisotopic (exact) mass is 434 g/mol. The molecule has 2 aliphatic heterocycles. The number of aromatic nitrogens is 2. The molecule has 3 amide bonds. The lowest BCUT2D eigenvalue weighted by molar-refractivity contribution is -0.120. The summed E-state index contributed by atoms with van der Waals surface area (Å²) in [6.45, 7) is 7.28. The minimum atomic E-state index is -2.38. The summed E-state index contributed by atoms with van der Waals surface area (Å²) < 4.78 is 29.0. The van der Waals surface area contributed by atoms with Crippen LogP contribution in [0.1, 0.15) is 25.8 Å². The summed E-state index contributed by atoms with van der Waals surface area (Å²) >= 11 is 0. The molecule has 31 heavy (non-hydrogen) atoms. The zero-order chi connectivity index (χ0) is 22.1. The first-order chi connectivity index (χ1) is 14.8. The van der Waals surface area contributed by atoms with Gasteiger partial charge in [-0.15, -0.1) is 0 Å². The number of carbonyl (C=O) groups excluding carboxylic acids is 2. The summed E-state index contributed by atoms with van der Waals surface area (Å²) in [5.41, 5.74) is 2.33. The molecule has 2 saturated heterocycles. The third-order valence-corrected chi connectivity index (χ3v) is 5.82. The quantitative estimate of drug-likeness (QED) is 0.755. The molecule has 8 nitrogen and oxygen atoms in total. The molecule has 0 saturated carbocycles. The largest absolute Gasteiger partial charge is 0.328 e. The number of alkyl halides is 2. The Balaban J connectivity index is 1.50. The molecule has 0 aromatic carbocycles. The highest BCUT2D eigenvalue weighted by molar-refractivity contribution is 6.07. The number of hydrogen-bond acceptors (Lipinski definition) is 5. The minimum absolute atomic E-state index is 0.235. The Labute approximate surface area is 179 Å². The fourth-order valence-corrected chi connectivity index (χ4v) is 4.36. The van der Waals surface area contributed by atoms with E-state index in [1.165, 1.54) is 4.90 Å². The average Bonchev–Trinajstić information content (AvgIpc) is 3.11. The number of nitrogens with one attached hydrogen (secondary N) is 1. The van der Waals surface area contributed by atoms with E-state index in [9.17, 15) is 18.4 Å². The van der Waals surface area contributed by atoms with Crippen LogP contribution in [0.4, 0.5) is 19.3 Å². The van der Waals surface area contributed by atoms with E-state index in [-0.39, 0.29) is 12.3 Å². The van der Waals surface area contributed by atoms with E-state index >= 15 is 0 Å². The van der Waals surface area contributed by atoms with Crippen molar-refractivity contribution >= 4 is 23.1 Å². The van der Waals surface area contributed by atoms with Crippen molar-refractivity contribution in [3.63, 3.8) is 0 Å². The van der Waals surface area contributed by atoms with Gasteiger partial charge in [0.05, 0.1) is 23.4 Å². The van der Waals surface area contributed by atoms with E-state index in [2.05, 4.69) is 15.3 Å². The van der Waals surface area contributed by atoms with Gasteiger partial charge in [-0.25, -0.2) is 18.1 Å². The Morgan fingerprint density at radius 1 is 1.23 bits per heavy atom. The van der Waals surface area contributed by atoms with Gasteiger partial charge in [0.2, 0.25) is 5.91 Å². The van der Waals surface area contributed by atoms with Gasteiger partial charge in [0.15, 0.2) is 0 Å². The normalized spacial score (nSPS) is 21.5. The Morgan fingerprint density at radius 3 is 2.74 bits per heavy atom. The molecular formula is C21H28F2N6O2. The Kier molecular flexibility index (Phi) is 6.19. The van der Waals surface area contributed by atoms with Crippen LogP contribution >= 0.6 is 0 Å². The molecular weight excluding hydrogens is 406 g/mol. The highest BCUT2D eigenvalue weighted by Crippen LogP contribution is 2.25. The second kappa shape index (κ2) is 8.88. The third-order valence-electron chi connectivity index (χ3n) is 5.82. The smallest absolute Gasteiger partial charge is 0.296 e. The first-order valence-corrected chi connectivity index (χ1v) is 10.6. The number of anilines is 1. The fourth-order valence-electron chi connectivity index (χ4n) is 4.36. The lowest BCUT2D eigenvalue weighted by atomic mass is 10.1. The maximum absolute atomic E-state index is 13.7. The maximum atomic E-state index is 13.7. The molecule has 2 fully saturated rings. The van der Waals surface area contributed by atoms with Gasteiger partial charge >= 0.3 is 6.03 Å². The predicted octanol–water partition coefficient (Wildman–Crippen LogP) is 2.19. The summed E-state index contributed by atoms with van der Waals surface area (Å²) in [5, 5.41) is 6.62. The summed E-state index contributed by atoms with van der Waals surface area (Å²) in [7, 11) is 0. The highest BCUT2D eigenvalue weighted by Gasteiger charge is 2.33. The van der Waals surface area contributed by atoms with Gasteiger partial charge in [0, 0.05) is 51.9 Å². The van der Waals surface area contributed by atoms with Crippen molar-refractivity contribution in [3.05, 3.63) is 30.1 Å². The van der Waals surface area contributed by atoms with Crippen LogP contribution < -0.4 is 10.2 Å². The van der Waals surface area contributed by atoms with Gasteiger partial charge in [-0.1, -0.05) is 13.8 Å². The molecule has 0 spiro atoms. The molecule has 1 atom stereocenters. The van der Waals surface area contributed by atoms with Crippen LogP contribution in [-0.2, 0) is 11.3 Å². The predicted molar refractivity (Wildman–Crippen MR) is 112 cm³/mol. The van der Waals surface area contributed by atoms with E-state index in [1.54, 1.807) is 16.9 Å². The number of fused-ring (bicyclic) bond motifs is 1. The third kappa shape index (κ3) is 4.69. The molecule has 168 valence electrons. The van der Waals surface area contributed by atoms with Gasteiger partial charge in [-0.05, 0) is 23.6 Å². The van der Waals surface area contributed by atoms with E-state index in [4.69, 9.17) is 0 Å². The van der Waals surface area contributed by atoms with Crippen molar-refractivity contribution in [1.29, 1.82) is 0 Å². The lowest BCUT2D eigenvalue weighted by Gasteiger charge is -2.41. The molecule has 0 radical (unpaired) electrons. The van der Waals surface area contributed by atoms with Crippen molar-refractivity contribution in [1.82, 2.24) is 24.7 Å². The number of piperazine rings is 1. The van der Waals surface area contributed by atoms with Crippen molar-refractivity contribution in [2.45, 2.75) is 39.3 Å². The lowest BCUT2D eigenvalue weighted by Crippen LogP contribution is -2.56. The van der Waals surface area contributed by atoms with Crippen LogP contribution in [0.25, 0.3) is 5.52 Å². The van der Waals surface area contributed by atoms with Gasteiger partial charge in [-0.2, -0.15) is 5.10 Å². The molecule has 1 unspecified atom stereocenters. The molecule has 0 aliphatic carbocycles. The number of halogens is 2. The average molecular weight is 434 g/mol. The van der Waals surface area contributed by atoms with Crippen molar-refractivity contribution < 1.29 is 18.4 Å². The van der Waals surface area contributed by atoms with Gasteiger partial charge in [-0.3, -0.25) is 24.8 Å². The number of hydrogen-bond donors (Lipinski definition) is 1. The zero-order valence-corrected chi connectivity index (χ0v) is 17.8. The van der Waals surface area contributed by atoms with Crippen LogP contribution in [-0.4, -0.2) is 76.5 Å². The molecule has 4 heterocycles. The number of amides is 3. The van der Waals surface area contributed by atoms with Gasteiger partial charge < -0.3 is 0 Å².